The molecule has 0 heterocycles. The zero-order chi connectivity index (χ0) is 16.5. The number of rotatable bonds is 8. The van der Waals surface area contributed by atoms with Gasteiger partial charge in [-0.05, 0) is 31.5 Å². The van der Waals surface area contributed by atoms with Gasteiger partial charge in [-0.15, -0.1) is 0 Å². The average Bonchev–Trinajstić information content (AvgIpc) is 2.59. The first-order valence-electron chi connectivity index (χ1n) is 7.76. The summed E-state index contributed by atoms with van der Waals surface area (Å²) in [6.07, 6.45) is 0.695. The molecule has 122 valence electrons. The normalized spacial score (nSPS) is 11.0. The highest BCUT2D eigenvalue weighted by Crippen LogP contribution is 2.22. The molecule has 0 aliphatic rings. The van der Waals surface area contributed by atoms with Crippen molar-refractivity contribution in [1.82, 2.24) is 5.48 Å². The highest BCUT2D eigenvalue weighted by Gasteiger charge is 2.29. The van der Waals surface area contributed by atoms with Crippen molar-refractivity contribution in [2.75, 3.05) is 13.2 Å². The van der Waals surface area contributed by atoms with E-state index >= 15 is 0 Å². The summed E-state index contributed by atoms with van der Waals surface area (Å²) in [4.78, 5) is 17.5. The van der Waals surface area contributed by atoms with Crippen molar-refractivity contribution in [3.8, 4) is 5.75 Å². The van der Waals surface area contributed by atoms with Gasteiger partial charge in [0.25, 0.3) is 5.91 Å². The van der Waals surface area contributed by atoms with Crippen LogP contribution in [0.15, 0.2) is 60.7 Å². The highest BCUT2D eigenvalue weighted by atomic mass is 16.7. The minimum absolute atomic E-state index is 0.160. The maximum Gasteiger partial charge on any atom is 0.253 e. The Kier molecular flexibility index (Phi) is 6.18. The zero-order valence-corrected chi connectivity index (χ0v) is 13.6. The van der Waals surface area contributed by atoms with E-state index in [2.05, 4.69) is 5.48 Å². The van der Waals surface area contributed by atoms with E-state index in [1.54, 1.807) is 0 Å². The Morgan fingerprint density at radius 2 is 1.57 bits per heavy atom. The molecule has 4 heteroatoms. The van der Waals surface area contributed by atoms with Crippen molar-refractivity contribution in [3.05, 3.63) is 66.2 Å². The summed E-state index contributed by atoms with van der Waals surface area (Å²) in [5.41, 5.74) is 2.84. The smallest absolute Gasteiger partial charge is 0.253 e. The van der Waals surface area contributed by atoms with Gasteiger partial charge in [0.2, 0.25) is 0 Å². The van der Waals surface area contributed by atoms with Crippen LogP contribution in [0.25, 0.3) is 0 Å². The van der Waals surface area contributed by atoms with Crippen LogP contribution >= 0.6 is 0 Å². The minimum atomic E-state index is -0.637. The second-order valence-electron chi connectivity index (χ2n) is 5.79. The predicted octanol–water partition coefficient (Wildman–Crippen LogP) is 3.48. The number of carbonyl (C=O) groups excluding carboxylic acids is 1. The van der Waals surface area contributed by atoms with E-state index in [4.69, 9.17) is 9.57 Å². The third-order valence-corrected chi connectivity index (χ3v) is 3.63. The van der Waals surface area contributed by atoms with Crippen molar-refractivity contribution >= 4 is 5.91 Å². The van der Waals surface area contributed by atoms with Gasteiger partial charge >= 0.3 is 0 Å². The standard InChI is InChI=1S/C19H23NO3/c1-19(2,16-10-5-3-6-11-16)18(21)20-23-15-9-14-22-17-12-7-4-8-13-17/h3-8,10-13H,9,14-15H2,1-2H3,(H,20,21). The molecule has 0 saturated heterocycles. The van der Waals surface area contributed by atoms with Gasteiger partial charge in [-0.3, -0.25) is 9.63 Å². The second-order valence-corrected chi connectivity index (χ2v) is 5.79. The molecule has 0 unspecified atom stereocenters. The Morgan fingerprint density at radius 3 is 2.22 bits per heavy atom. The van der Waals surface area contributed by atoms with Gasteiger partial charge < -0.3 is 4.74 Å². The summed E-state index contributed by atoms with van der Waals surface area (Å²) in [6, 6.07) is 19.3. The monoisotopic (exact) mass is 313 g/mol. The SMILES string of the molecule is CC(C)(C(=O)NOCCCOc1ccccc1)c1ccccc1. The van der Waals surface area contributed by atoms with Crippen LogP contribution in [0, 0.1) is 0 Å². The van der Waals surface area contributed by atoms with Crippen LogP contribution in [0.2, 0.25) is 0 Å². The topological polar surface area (TPSA) is 47.6 Å². The maximum atomic E-state index is 12.3. The first-order chi connectivity index (χ1) is 11.1. The van der Waals surface area contributed by atoms with Crippen LogP contribution in [0.1, 0.15) is 25.8 Å². The molecule has 0 spiro atoms. The lowest BCUT2D eigenvalue weighted by Crippen LogP contribution is -2.40. The molecule has 23 heavy (non-hydrogen) atoms. The molecular formula is C19H23NO3. The van der Waals surface area contributed by atoms with Gasteiger partial charge in [-0.1, -0.05) is 48.5 Å². The third-order valence-electron chi connectivity index (χ3n) is 3.63. The fourth-order valence-electron chi connectivity index (χ4n) is 2.07. The first-order valence-corrected chi connectivity index (χ1v) is 7.76. The molecule has 0 bridgehead atoms. The number of carbonyl (C=O) groups is 1. The predicted molar refractivity (Wildman–Crippen MR) is 90.1 cm³/mol. The summed E-state index contributed by atoms with van der Waals surface area (Å²) in [5, 5.41) is 0. The van der Waals surface area contributed by atoms with Crippen molar-refractivity contribution < 1.29 is 14.4 Å². The zero-order valence-electron chi connectivity index (χ0n) is 13.6. The number of amides is 1. The molecule has 2 aromatic rings. The van der Waals surface area contributed by atoms with Crippen LogP contribution in [0.3, 0.4) is 0 Å². The highest BCUT2D eigenvalue weighted by molar-refractivity contribution is 5.86. The van der Waals surface area contributed by atoms with Gasteiger partial charge in [0, 0.05) is 6.42 Å². The second kappa shape index (κ2) is 8.34. The van der Waals surface area contributed by atoms with E-state index in [1.807, 2.05) is 74.5 Å². The van der Waals surface area contributed by atoms with E-state index in [1.165, 1.54) is 0 Å². The van der Waals surface area contributed by atoms with E-state index in [0.29, 0.717) is 19.6 Å². The lowest BCUT2D eigenvalue weighted by atomic mass is 9.84. The molecule has 0 atom stereocenters. The van der Waals surface area contributed by atoms with Crippen molar-refractivity contribution in [2.45, 2.75) is 25.7 Å². The number of benzene rings is 2. The number of hydrogen-bond donors (Lipinski definition) is 1. The molecule has 0 aromatic heterocycles. The van der Waals surface area contributed by atoms with E-state index in [9.17, 15) is 4.79 Å². The van der Waals surface area contributed by atoms with E-state index in [0.717, 1.165) is 11.3 Å². The number of para-hydroxylation sites is 1. The Balaban J connectivity index is 1.67. The molecular weight excluding hydrogens is 290 g/mol. The van der Waals surface area contributed by atoms with Gasteiger partial charge in [-0.2, -0.15) is 0 Å². The van der Waals surface area contributed by atoms with Crippen molar-refractivity contribution in [1.29, 1.82) is 0 Å². The quantitative estimate of drug-likeness (QED) is 0.599. The van der Waals surface area contributed by atoms with Crippen LogP contribution in [-0.2, 0) is 15.0 Å². The first kappa shape index (κ1) is 17.0. The molecule has 0 aliphatic heterocycles. The summed E-state index contributed by atoms with van der Waals surface area (Å²) in [6.45, 7) is 4.70. The van der Waals surface area contributed by atoms with Crippen molar-refractivity contribution in [3.63, 3.8) is 0 Å². The fourth-order valence-corrected chi connectivity index (χ4v) is 2.07. The van der Waals surface area contributed by atoms with Crippen LogP contribution in [0.5, 0.6) is 5.75 Å². The van der Waals surface area contributed by atoms with Crippen LogP contribution in [-0.4, -0.2) is 19.1 Å². The van der Waals surface area contributed by atoms with Crippen molar-refractivity contribution in [2.24, 2.45) is 0 Å². The Labute approximate surface area is 137 Å². The van der Waals surface area contributed by atoms with Gasteiger partial charge in [0.05, 0.1) is 18.6 Å². The molecule has 0 saturated carbocycles. The largest absolute Gasteiger partial charge is 0.494 e. The molecule has 2 aromatic carbocycles. The van der Waals surface area contributed by atoms with Crippen LogP contribution < -0.4 is 10.2 Å². The Bertz CT molecular complexity index is 597. The lowest BCUT2D eigenvalue weighted by Gasteiger charge is -2.23. The molecule has 0 fully saturated rings. The maximum absolute atomic E-state index is 12.3. The van der Waals surface area contributed by atoms with Crippen LogP contribution in [0.4, 0.5) is 0 Å². The minimum Gasteiger partial charge on any atom is -0.494 e. The molecule has 1 N–H and O–H groups in total. The molecule has 0 radical (unpaired) electrons. The number of hydrogen-bond acceptors (Lipinski definition) is 3. The van der Waals surface area contributed by atoms with Gasteiger partial charge in [-0.25, -0.2) is 5.48 Å². The van der Waals surface area contributed by atoms with E-state index in [-0.39, 0.29) is 5.91 Å². The summed E-state index contributed by atoms with van der Waals surface area (Å²) >= 11 is 0. The molecule has 2 rings (SSSR count). The average molecular weight is 313 g/mol. The van der Waals surface area contributed by atoms with E-state index < -0.39 is 5.41 Å². The summed E-state index contributed by atoms with van der Waals surface area (Å²) in [7, 11) is 0. The van der Waals surface area contributed by atoms with Gasteiger partial charge in [0.15, 0.2) is 0 Å². The Morgan fingerprint density at radius 1 is 0.957 bits per heavy atom. The summed E-state index contributed by atoms with van der Waals surface area (Å²) < 4.78 is 5.56. The third kappa shape index (κ3) is 5.11. The number of nitrogens with one attached hydrogen (secondary N) is 1. The number of hydroxylamine groups is 1. The summed E-state index contributed by atoms with van der Waals surface area (Å²) in [5.74, 6) is 0.675. The molecule has 4 nitrogen and oxygen atoms in total. The number of ether oxygens (including phenoxy) is 1. The Hall–Kier alpha value is -2.33. The molecule has 1 amide bonds. The van der Waals surface area contributed by atoms with Gasteiger partial charge in [0.1, 0.15) is 5.75 Å². The lowest BCUT2D eigenvalue weighted by molar-refractivity contribution is -0.138. The fraction of sp³-hybridized carbons (Fsp3) is 0.316. The molecule has 0 aliphatic carbocycles.